The van der Waals surface area contributed by atoms with Gasteiger partial charge in [0, 0.05) is 5.57 Å². The molecular weight excluding hydrogens is 304 g/mol. The molecule has 0 radical (unpaired) electrons. The third-order valence-electron chi connectivity index (χ3n) is 4.15. The Balaban J connectivity index is 3.07. The number of carbonyl (C=O) groups excluding carboxylic acids is 2. The smallest absolute Gasteiger partial charge is 0.334 e. The van der Waals surface area contributed by atoms with Crippen LogP contribution in [-0.4, -0.2) is 25.2 Å². The molecule has 0 bridgehead atoms. The van der Waals surface area contributed by atoms with Crippen LogP contribution in [0.25, 0.3) is 0 Å². The summed E-state index contributed by atoms with van der Waals surface area (Å²) in [5.74, 6) is 0.0354. The monoisotopic (exact) mass is 338 g/mol. The zero-order chi connectivity index (χ0) is 18.1. The molecule has 1 fully saturated rings. The molecule has 0 aromatic carbocycles. The Morgan fingerprint density at radius 3 is 1.88 bits per heavy atom. The summed E-state index contributed by atoms with van der Waals surface area (Å²) in [5.41, 5.74) is 1.13. The van der Waals surface area contributed by atoms with Gasteiger partial charge >= 0.3 is 11.9 Å². The van der Waals surface area contributed by atoms with Crippen LogP contribution in [0.5, 0.6) is 0 Å². The average Bonchev–Trinajstić information content (AvgIpc) is 3.04. The minimum atomic E-state index is -0.339. The molecule has 0 aliphatic heterocycles. The Bertz CT molecular complexity index is 443. The molecular formula is C20H34O4. The highest BCUT2D eigenvalue weighted by atomic mass is 16.5. The van der Waals surface area contributed by atoms with E-state index < -0.39 is 0 Å². The SMILES string of the molecule is CCC/C(C(=O)OCC(C)C)=C(/C(=O)OCC(C)C)C1CCCC1. The molecule has 1 saturated carbocycles. The van der Waals surface area contributed by atoms with Gasteiger partial charge in [-0.1, -0.05) is 53.9 Å². The molecule has 0 aromatic rings. The second-order valence-corrected chi connectivity index (χ2v) is 7.61. The highest BCUT2D eigenvalue weighted by molar-refractivity contribution is 6.00. The van der Waals surface area contributed by atoms with Crippen LogP contribution in [0.2, 0.25) is 0 Å². The summed E-state index contributed by atoms with van der Waals surface area (Å²) >= 11 is 0. The normalized spacial score (nSPS) is 16.5. The standard InChI is InChI=1S/C20H34O4/c1-6-9-17(19(21)23-12-14(2)3)18(16-10-7-8-11-16)20(22)24-13-15(4)5/h14-16H,6-13H2,1-5H3/b18-17-. The largest absolute Gasteiger partial charge is 0.462 e. The lowest BCUT2D eigenvalue weighted by molar-refractivity contribution is -0.144. The number of rotatable bonds is 9. The summed E-state index contributed by atoms with van der Waals surface area (Å²) in [6.07, 6.45) is 5.49. The lowest BCUT2D eigenvalue weighted by Gasteiger charge is -2.19. The summed E-state index contributed by atoms with van der Waals surface area (Å²) in [6, 6.07) is 0. The predicted molar refractivity (Wildman–Crippen MR) is 95.5 cm³/mol. The highest BCUT2D eigenvalue weighted by Crippen LogP contribution is 2.35. The fraction of sp³-hybridized carbons (Fsp3) is 0.800. The maximum atomic E-state index is 12.7. The molecule has 0 amide bonds. The third-order valence-corrected chi connectivity index (χ3v) is 4.15. The van der Waals surface area contributed by atoms with Crippen LogP contribution in [0.3, 0.4) is 0 Å². The van der Waals surface area contributed by atoms with Crippen molar-refractivity contribution in [2.75, 3.05) is 13.2 Å². The first-order chi connectivity index (χ1) is 11.4. The Labute approximate surface area is 147 Å². The molecule has 24 heavy (non-hydrogen) atoms. The van der Waals surface area contributed by atoms with Gasteiger partial charge in [-0.05, 0) is 37.0 Å². The number of esters is 2. The van der Waals surface area contributed by atoms with Crippen molar-refractivity contribution in [2.45, 2.75) is 73.1 Å². The maximum Gasteiger partial charge on any atom is 0.334 e. The fourth-order valence-corrected chi connectivity index (χ4v) is 3.00. The fourth-order valence-electron chi connectivity index (χ4n) is 3.00. The Kier molecular flexibility index (Phi) is 9.09. The van der Waals surface area contributed by atoms with E-state index in [4.69, 9.17) is 9.47 Å². The van der Waals surface area contributed by atoms with E-state index in [0.29, 0.717) is 30.8 Å². The number of ether oxygens (including phenoxy) is 2. The molecule has 0 saturated heterocycles. The minimum absolute atomic E-state index is 0.137. The summed E-state index contributed by atoms with van der Waals surface area (Å²) < 4.78 is 10.9. The highest BCUT2D eigenvalue weighted by Gasteiger charge is 2.31. The first-order valence-corrected chi connectivity index (χ1v) is 9.44. The molecule has 4 heteroatoms. The van der Waals surface area contributed by atoms with Gasteiger partial charge in [0.2, 0.25) is 0 Å². The van der Waals surface area contributed by atoms with Crippen molar-refractivity contribution in [1.29, 1.82) is 0 Å². The van der Waals surface area contributed by atoms with Gasteiger partial charge in [-0.25, -0.2) is 9.59 Å². The third kappa shape index (κ3) is 6.66. The van der Waals surface area contributed by atoms with Crippen molar-refractivity contribution >= 4 is 11.9 Å². The van der Waals surface area contributed by atoms with E-state index in [1.807, 2.05) is 34.6 Å². The van der Waals surface area contributed by atoms with E-state index in [1.165, 1.54) is 0 Å². The van der Waals surface area contributed by atoms with Crippen LogP contribution < -0.4 is 0 Å². The van der Waals surface area contributed by atoms with Crippen LogP contribution in [0, 0.1) is 17.8 Å². The molecule has 1 aliphatic rings. The maximum absolute atomic E-state index is 12.7. The van der Waals surface area contributed by atoms with Crippen molar-refractivity contribution in [1.82, 2.24) is 0 Å². The number of carbonyl (C=O) groups is 2. The van der Waals surface area contributed by atoms with E-state index in [0.717, 1.165) is 32.1 Å². The molecule has 0 aromatic heterocycles. The minimum Gasteiger partial charge on any atom is -0.462 e. The van der Waals surface area contributed by atoms with E-state index in [9.17, 15) is 9.59 Å². The first kappa shape index (κ1) is 20.7. The van der Waals surface area contributed by atoms with Gasteiger partial charge in [0.1, 0.15) is 0 Å². The molecule has 0 spiro atoms. The molecule has 138 valence electrons. The second-order valence-electron chi connectivity index (χ2n) is 7.61. The molecule has 0 heterocycles. The van der Waals surface area contributed by atoms with Gasteiger partial charge in [-0.15, -0.1) is 0 Å². The molecule has 1 aliphatic carbocycles. The molecule has 1 rings (SSSR count). The summed E-state index contributed by atoms with van der Waals surface area (Å²) in [6.45, 7) is 10.8. The lowest BCUT2D eigenvalue weighted by atomic mass is 9.90. The summed E-state index contributed by atoms with van der Waals surface area (Å²) in [4.78, 5) is 25.3. The van der Waals surface area contributed by atoms with Gasteiger partial charge in [-0.2, -0.15) is 0 Å². The Morgan fingerprint density at radius 1 is 0.917 bits per heavy atom. The Hall–Kier alpha value is -1.32. The van der Waals surface area contributed by atoms with Gasteiger partial charge in [-0.3, -0.25) is 0 Å². The van der Waals surface area contributed by atoms with Crippen LogP contribution in [0.15, 0.2) is 11.1 Å². The van der Waals surface area contributed by atoms with Crippen molar-refractivity contribution in [3.05, 3.63) is 11.1 Å². The van der Waals surface area contributed by atoms with E-state index in [-0.39, 0.29) is 29.7 Å². The Morgan fingerprint density at radius 2 is 1.42 bits per heavy atom. The van der Waals surface area contributed by atoms with Gasteiger partial charge in [0.05, 0.1) is 18.8 Å². The number of hydrogen-bond donors (Lipinski definition) is 0. The van der Waals surface area contributed by atoms with Crippen molar-refractivity contribution in [3.8, 4) is 0 Å². The number of hydrogen-bond acceptors (Lipinski definition) is 4. The van der Waals surface area contributed by atoms with Crippen LogP contribution in [-0.2, 0) is 19.1 Å². The van der Waals surface area contributed by atoms with Crippen LogP contribution >= 0.6 is 0 Å². The molecule has 0 unspecified atom stereocenters. The quantitative estimate of drug-likeness (QED) is 0.453. The predicted octanol–water partition coefficient (Wildman–Crippen LogP) is 4.67. The zero-order valence-electron chi connectivity index (χ0n) is 16.0. The van der Waals surface area contributed by atoms with E-state index in [2.05, 4.69) is 0 Å². The molecule has 0 N–H and O–H groups in total. The lowest BCUT2D eigenvalue weighted by Crippen LogP contribution is -2.23. The average molecular weight is 338 g/mol. The van der Waals surface area contributed by atoms with Gasteiger partial charge < -0.3 is 9.47 Å². The van der Waals surface area contributed by atoms with Crippen molar-refractivity contribution in [3.63, 3.8) is 0 Å². The van der Waals surface area contributed by atoms with Crippen LogP contribution in [0.1, 0.15) is 73.1 Å². The van der Waals surface area contributed by atoms with Crippen molar-refractivity contribution in [2.24, 2.45) is 17.8 Å². The van der Waals surface area contributed by atoms with E-state index >= 15 is 0 Å². The topological polar surface area (TPSA) is 52.6 Å². The van der Waals surface area contributed by atoms with E-state index in [1.54, 1.807) is 0 Å². The van der Waals surface area contributed by atoms with Crippen molar-refractivity contribution < 1.29 is 19.1 Å². The second kappa shape index (κ2) is 10.5. The molecule has 4 nitrogen and oxygen atoms in total. The molecule has 0 atom stereocenters. The summed E-state index contributed by atoms with van der Waals surface area (Å²) in [5, 5.41) is 0. The van der Waals surface area contributed by atoms with Crippen LogP contribution in [0.4, 0.5) is 0 Å². The van der Waals surface area contributed by atoms with Gasteiger partial charge in [0.15, 0.2) is 0 Å². The summed E-state index contributed by atoms with van der Waals surface area (Å²) in [7, 11) is 0. The van der Waals surface area contributed by atoms with Gasteiger partial charge in [0.25, 0.3) is 0 Å². The first-order valence-electron chi connectivity index (χ1n) is 9.44. The zero-order valence-corrected chi connectivity index (χ0v) is 16.0.